The molecule has 1 atom stereocenters. The normalized spacial score (nSPS) is 17.1. The molecule has 0 spiro atoms. The van der Waals surface area contributed by atoms with Gasteiger partial charge in [0.25, 0.3) is 0 Å². The van der Waals surface area contributed by atoms with Crippen molar-refractivity contribution in [1.82, 2.24) is 10.3 Å². The van der Waals surface area contributed by atoms with E-state index < -0.39 is 0 Å². The molecule has 0 amide bonds. The van der Waals surface area contributed by atoms with Gasteiger partial charge in [-0.05, 0) is 80.9 Å². The molecular weight excluding hydrogens is 356 g/mol. The first kappa shape index (κ1) is 19.6. The predicted octanol–water partition coefficient (Wildman–Crippen LogP) is 5.27. The molecule has 2 aromatic rings. The van der Waals surface area contributed by atoms with E-state index in [1.807, 2.05) is 0 Å². The fourth-order valence-corrected chi connectivity index (χ4v) is 4.56. The van der Waals surface area contributed by atoms with Crippen LogP contribution in [-0.2, 0) is 6.42 Å². The van der Waals surface area contributed by atoms with E-state index in [0.29, 0.717) is 0 Å². The predicted molar refractivity (Wildman–Crippen MR) is 123 cm³/mol. The van der Waals surface area contributed by atoms with Crippen molar-refractivity contribution < 1.29 is 0 Å². The first-order valence-electron chi connectivity index (χ1n) is 10.8. The number of aromatic nitrogens is 1. The fourth-order valence-electron chi connectivity index (χ4n) is 4.56. The quantitative estimate of drug-likeness (QED) is 0.707. The van der Waals surface area contributed by atoms with Gasteiger partial charge in [-0.25, -0.2) is 4.98 Å². The second-order valence-corrected chi connectivity index (χ2v) is 8.30. The molecule has 2 aliphatic rings. The second kappa shape index (κ2) is 8.32. The van der Waals surface area contributed by atoms with E-state index in [9.17, 15) is 0 Å². The number of anilines is 2. The van der Waals surface area contributed by atoms with Crippen LogP contribution < -0.4 is 15.5 Å². The number of benzene rings is 1. The Kier molecular flexibility index (Phi) is 5.61. The Morgan fingerprint density at radius 2 is 1.83 bits per heavy atom. The van der Waals surface area contributed by atoms with Crippen LogP contribution in [0.5, 0.6) is 0 Å². The molecule has 2 heterocycles. The summed E-state index contributed by atoms with van der Waals surface area (Å²) in [6.07, 6.45) is 4.87. The summed E-state index contributed by atoms with van der Waals surface area (Å²) in [5.74, 6) is 1.90. The Morgan fingerprint density at radius 1 is 1.07 bits per heavy atom. The molecule has 0 radical (unpaired) electrons. The molecule has 4 nitrogen and oxygen atoms in total. The topological polar surface area (TPSA) is 40.2 Å². The minimum absolute atomic E-state index is 0.225. The van der Waals surface area contributed by atoms with Crippen molar-refractivity contribution in [2.45, 2.75) is 52.5 Å². The molecule has 0 unspecified atom stereocenters. The maximum Gasteiger partial charge on any atom is 0.128 e. The third kappa shape index (κ3) is 4.16. The van der Waals surface area contributed by atoms with Crippen molar-refractivity contribution in [3.63, 3.8) is 0 Å². The molecule has 29 heavy (non-hydrogen) atoms. The lowest BCUT2D eigenvalue weighted by Crippen LogP contribution is -2.31. The second-order valence-electron chi connectivity index (χ2n) is 8.30. The molecule has 0 bridgehead atoms. The van der Waals surface area contributed by atoms with E-state index in [2.05, 4.69) is 79.3 Å². The number of fused-ring (bicyclic) bond motifs is 1. The van der Waals surface area contributed by atoms with Gasteiger partial charge in [0.15, 0.2) is 0 Å². The van der Waals surface area contributed by atoms with E-state index in [1.54, 1.807) is 0 Å². The van der Waals surface area contributed by atoms with Gasteiger partial charge in [0.1, 0.15) is 5.82 Å². The highest BCUT2D eigenvalue weighted by atomic mass is 15.2. The summed E-state index contributed by atoms with van der Waals surface area (Å²) in [6, 6.07) is 13.2. The maximum atomic E-state index is 4.83. The zero-order valence-electron chi connectivity index (χ0n) is 17.9. The third-order valence-corrected chi connectivity index (χ3v) is 6.23. The Balaban J connectivity index is 1.39. The molecule has 152 valence electrons. The number of hydrogen-bond donors (Lipinski definition) is 2. The number of nitrogens with zero attached hydrogens (tertiary/aromatic N) is 2. The molecule has 4 rings (SSSR count). The van der Waals surface area contributed by atoms with Gasteiger partial charge in [-0.15, -0.1) is 0 Å². The smallest absolute Gasteiger partial charge is 0.128 e. The van der Waals surface area contributed by atoms with E-state index >= 15 is 0 Å². The highest BCUT2D eigenvalue weighted by molar-refractivity contribution is 5.75. The number of hydrogen-bond acceptors (Lipinski definition) is 4. The first-order valence-corrected chi connectivity index (χ1v) is 10.8. The zero-order chi connectivity index (χ0) is 20.4. The number of rotatable bonds is 6. The minimum Gasteiger partial charge on any atom is -0.366 e. The van der Waals surface area contributed by atoms with E-state index in [0.717, 1.165) is 42.5 Å². The van der Waals surface area contributed by atoms with Crippen LogP contribution in [0, 0.1) is 6.92 Å². The number of pyridine rings is 1. The van der Waals surface area contributed by atoms with Crippen LogP contribution in [0.4, 0.5) is 11.5 Å². The average Bonchev–Trinajstić information content (AvgIpc) is 3.07. The Hall–Kier alpha value is -2.75. The van der Waals surface area contributed by atoms with Crippen molar-refractivity contribution in [3.8, 4) is 0 Å². The summed E-state index contributed by atoms with van der Waals surface area (Å²) in [6.45, 7) is 12.9. The van der Waals surface area contributed by atoms with Crippen molar-refractivity contribution in [1.29, 1.82) is 0 Å². The van der Waals surface area contributed by atoms with E-state index in [1.165, 1.54) is 41.5 Å². The van der Waals surface area contributed by atoms with Gasteiger partial charge in [-0.1, -0.05) is 30.8 Å². The highest BCUT2D eigenvalue weighted by Gasteiger charge is 2.22. The lowest BCUT2D eigenvalue weighted by atomic mass is 10.0. The van der Waals surface area contributed by atoms with Gasteiger partial charge in [0.05, 0.1) is 17.2 Å². The van der Waals surface area contributed by atoms with Crippen LogP contribution in [-0.4, -0.2) is 24.1 Å². The first-order chi connectivity index (χ1) is 14.0. The molecule has 1 aromatic carbocycles. The molecule has 1 saturated heterocycles. The van der Waals surface area contributed by atoms with Crippen LogP contribution in [0.2, 0.25) is 0 Å². The van der Waals surface area contributed by atoms with Crippen molar-refractivity contribution in [2.24, 2.45) is 0 Å². The van der Waals surface area contributed by atoms with Crippen molar-refractivity contribution in [2.75, 3.05) is 23.3 Å². The molecule has 0 saturated carbocycles. The third-order valence-electron chi connectivity index (χ3n) is 6.23. The number of nitrogens with one attached hydrogen (secondary N) is 2. The standard InChI is InChI=1S/C25H32N4/c1-17-22-11-7-6-10-21(22)16-23(17)18(2)26-20(4)28-24-12-13-25(27-19(24)3)29-14-8-5-9-15-29/h6-7,10-13,18,26,28H,4-5,8-9,14-16H2,1-3H3/t18-/m0/s1. The van der Waals surface area contributed by atoms with Gasteiger partial charge < -0.3 is 15.5 Å². The van der Waals surface area contributed by atoms with Gasteiger partial charge >= 0.3 is 0 Å². The van der Waals surface area contributed by atoms with Crippen LogP contribution in [0.15, 0.2) is 54.4 Å². The molecule has 1 aliphatic carbocycles. The summed E-state index contributed by atoms with van der Waals surface area (Å²) >= 11 is 0. The van der Waals surface area contributed by atoms with Gasteiger partial charge in [0, 0.05) is 19.1 Å². The molecular formula is C25H32N4. The summed E-state index contributed by atoms with van der Waals surface area (Å²) in [7, 11) is 0. The lowest BCUT2D eigenvalue weighted by Gasteiger charge is -2.28. The number of allylic oxidation sites excluding steroid dienone is 1. The number of aryl methyl sites for hydroxylation is 1. The maximum absolute atomic E-state index is 4.83. The molecule has 1 aromatic heterocycles. The molecule has 1 aliphatic heterocycles. The summed E-state index contributed by atoms with van der Waals surface area (Å²) < 4.78 is 0. The lowest BCUT2D eigenvalue weighted by molar-refractivity contribution is 0.573. The SMILES string of the molecule is C=C(Nc1ccc(N2CCCCC2)nc1C)N[C@@H](C)C1=C(C)c2ccccc2C1. The Labute approximate surface area is 174 Å². The van der Waals surface area contributed by atoms with Crippen molar-refractivity contribution in [3.05, 3.63) is 71.2 Å². The summed E-state index contributed by atoms with van der Waals surface area (Å²) in [5.41, 5.74) is 7.63. The Morgan fingerprint density at radius 3 is 2.55 bits per heavy atom. The Bertz CT molecular complexity index is 938. The molecule has 4 heteroatoms. The largest absolute Gasteiger partial charge is 0.366 e. The number of piperidine rings is 1. The van der Waals surface area contributed by atoms with Gasteiger partial charge in [-0.3, -0.25) is 0 Å². The molecule has 1 fully saturated rings. The van der Waals surface area contributed by atoms with Gasteiger partial charge in [0.2, 0.25) is 0 Å². The average molecular weight is 389 g/mol. The highest BCUT2D eigenvalue weighted by Crippen LogP contribution is 2.34. The van der Waals surface area contributed by atoms with Crippen molar-refractivity contribution >= 4 is 17.1 Å². The van der Waals surface area contributed by atoms with E-state index in [-0.39, 0.29) is 6.04 Å². The van der Waals surface area contributed by atoms with Crippen LogP contribution in [0.25, 0.3) is 5.57 Å². The van der Waals surface area contributed by atoms with Gasteiger partial charge in [-0.2, -0.15) is 0 Å². The minimum atomic E-state index is 0.225. The van der Waals surface area contributed by atoms with Crippen LogP contribution in [0.1, 0.15) is 49.9 Å². The van der Waals surface area contributed by atoms with Crippen LogP contribution in [0.3, 0.4) is 0 Å². The summed E-state index contributed by atoms with van der Waals surface area (Å²) in [5, 5.41) is 6.96. The monoisotopic (exact) mass is 388 g/mol. The van der Waals surface area contributed by atoms with E-state index in [4.69, 9.17) is 4.98 Å². The zero-order valence-corrected chi connectivity index (χ0v) is 17.9. The fraction of sp³-hybridized carbons (Fsp3) is 0.400. The van der Waals surface area contributed by atoms with Crippen LogP contribution >= 0.6 is 0 Å². The molecule has 2 N–H and O–H groups in total. The summed E-state index contributed by atoms with van der Waals surface area (Å²) in [4.78, 5) is 7.22.